The minimum absolute atomic E-state index is 0.175. The van der Waals surface area contributed by atoms with Crippen molar-refractivity contribution in [3.8, 4) is 0 Å². The molecule has 0 aliphatic carbocycles. The highest BCUT2D eigenvalue weighted by molar-refractivity contribution is 8.00. The van der Waals surface area contributed by atoms with E-state index in [1.54, 1.807) is 11.8 Å². The second kappa shape index (κ2) is 7.09. The van der Waals surface area contributed by atoms with Gasteiger partial charge in [0, 0.05) is 24.0 Å². The number of hydrogen-bond acceptors (Lipinski definition) is 3. The van der Waals surface area contributed by atoms with E-state index in [1.165, 1.54) is 0 Å². The molecule has 0 unspecified atom stereocenters. The number of para-hydroxylation sites is 2. The van der Waals surface area contributed by atoms with Crippen molar-refractivity contribution in [2.24, 2.45) is 0 Å². The monoisotopic (exact) mass is 326 g/mol. The van der Waals surface area contributed by atoms with E-state index in [0.717, 1.165) is 29.4 Å². The Morgan fingerprint density at radius 1 is 1.09 bits per heavy atom. The van der Waals surface area contributed by atoms with Gasteiger partial charge in [-0.15, -0.1) is 11.8 Å². The molecule has 1 aliphatic heterocycles. The number of thioether (sulfide) groups is 1. The van der Waals surface area contributed by atoms with Gasteiger partial charge in [-0.25, -0.2) is 0 Å². The highest BCUT2D eigenvalue weighted by atomic mass is 32.2. The number of likely N-dealkylation sites (N-methyl/N-ethyl adjacent to an activating group) is 1. The molecular formula is C19H22N2OS. The molecule has 3 nitrogen and oxygen atoms in total. The van der Waals surface area contributed by atoms with Gasteiger partial charge in [0.15, 0.2) is 0 Å². The lowest BCUT2D eigenvalue weighted by Gasteiger charge is -2.42. The Labute approximate surface area is 142 Å². The predicted octanol–water partition coefficient (Wildman–Crippen LogP) is 4.04. The second-order valence-electron chi connectivity index (χ2n) is 5.73. The summed E-state index contributed by atoms with van der Waals surface area (Å²) in [6, 6.07) is 18.6. The summed E-state index contributed by atoms with van der Waals surface area (Å²) in [5.41, 5.74) is 2.19. The maximum Gasteiger partial charge on any atom is 0.237 e. The Balaban J connectivity index is 1.78. The smallest absolute Gasteiger partial charge is 0.237 e. The SMILES string of the molecule is CCN1c2ccccc2N(C(=O)CSc2ccccc2)C[C@@H]1C. The van der Waals surface area contributed by atoms with Crippen molar-refractivity contribution in [2.45, 2.75) is 24.8 Å². The van der Waals surface area contributed by atoms with Crippen LogP contribution in [-0.4, -0.2) is 30.8 Å². The summed E-state index contributed by atoms with van der Waals surface area (Å²) in [5.74, 6) is 0.644. The van der Waals surface area contributed by atoms with Crippen molar-refractivity contribution in [3.05, 3.63) is 54.6 Å². The van der Waals surface area contributed by atoms with Crippen LogP contribution in [0.15, 0.2) is 59.5 Å². The number of carbonyl (C=O) groups excluding carboxylic acids is 1. The van der Waals surface area contributed by atoms with Crippen molar-refractivity contribution in [1.82, 2.24) is 0 Å². The first-order chi connectivity index (χ1) is 11.2. The standard InChI is InChI=1S/C19H22N2OS/c1-3-20-15(2)13-21(18-12-8-7-11-17(18)20)19(22)14-23-16-9-5-4-6-10-16/h4-12,15H,3,13-14H2,1-2H3/t15-/m0/s1. The molecule has 23 heavy (non-hydrogen) atoms. The maximum atomic E-state index is 12.8. The summed E-state index contributed by atoms with van der Waals surface area (Å²) in [5, 5.41) is 0. The van der Waals surface area contributed by atoms with Crippen LogP contribution in [0.1, 0.15) is 13.8 Å². The van der Waals surface area contributed by atoms with E-state index in [9.17, 15) is 4.79 Å². The normalized spacial score (nSPS) is 17.0. The number of carbonyl (C=O) groups is 1. The van der Waals surface area contributed by atoms with Crippen molar-refractivity contribution in [3.63, 3.8) is 0 Å². The van der Waals surface area contributed by atoms with E-state index < -0.39 is 0 Å². The zero-order chi connectivity index (χ0) is 16.2. The molecule has 1 atom stereocenters. The van der Waals surface area contributed by atoms with Gasteiger partial charge in [-0.05, 0) is 38.1 Å². The second-order valence-corrected chi connectivity index (χ2v) is 6.78. The minimum atomic E-state index is 0.175. The average Bonchev–Trinajstić information content (AvgIpc) is 2.60. The van der Waals surface area contributed by atoms with Crippen molar-refractivity contribution in [2.75, 3.05) is 28.6 Å². The first-order valence-electron chi connectivity index (χ1n) is 8.04. The lowest BCUT2D eigenvalue weighted by Crippen LogP contribution is -2.50. The number of nitrogens with zero attached hydrogens (tertiary/aromatic N) is 2. The first kappa shape index (κ1) is 15.9. The Morgan fingerprint density at radius 3 is 2.43 bits per heavy atom. The van der Waals surface area contributed by atoms with Crippen LogP contribution in [0.5, 0.6) is 0 Å². The van der Waals surface area contributed by atoms with Crippen LogP contribution in [0, 0.1) is 0 Å². The third-order valence-corrected chi connectivity index (χ3v) is 5.20. The number of hydrogen-bond donors (Lipinski definition) is 0. The van der Waals surface area contributed by atoms with Crippen LogP contribution < -0.4 is 9.80 Å². The Hall–Kier alpha value is -1.94. The molecule has 0 saturated heterocycles. The average molecular weight is 326 g/mol. The van der Waals surface area contributed by atoms with E-state index in [1.807, 2.05) is 47.4 Å². The minimum Gasteiger partial charge on any atom is -0.366 e. The van der Waals surface area contributed by atoms with Gasteiger partial charge in [-0.2, -0.15) is 0 Å². The fraction of sp³-hybridized carbons (Fsp3) is 0.316. The highest BCUT2D eigenvalue weighted by Crippen LogP contribution is 2.35. The summed E-state index contributed by atoms with van der Waals surface area (Å²) in [4.78, 5) is 18.2. The molecule has 0 radical (unpaired) electrons. The molecule has 1 heterocycles. The molecule has 1 aliphatic rings. The van der Waals surface area contributed by atoms with Gasteiger partial charge in [0.2, 0.25) is 5.91 Å². The third-order valence-electron chi connectivity index (χ3n) is 4.21. The van der Waals surface area contributed by atoms with Crippen molar-refractivity contribution < 1.29 is 4.79 Å². The van der Waals surface area contributed by atoms with Gasteiger partial charge in [-0.3, -0.25) is 4.79 Å². The summed E-state index contributed by atoms with van der Waals surface area (Å²) in [7, 11) is 0. The molecule has 3 rings (SSSR count). The molecule has 0 N–H and O–H groups in total. The number of amides is 1. The molecule has 4 heteroatoms. The largest absolute Gasteiger partial charge is 0.366 e. The van der Waals surface area contributed by atoms with Gasteiger partial charge in [0.05, 0.1) is 17.1 Å². The van der Waals surface area contributed by atoms with E-state index in [-0.39, 0.29) is 5.91 Å². The van der Waals surface area contributed by atoms with Crippen molar-refractivity contribution >= 4 is 29.0 Å². The Morgan fingerprint density at radius 2 is 1.74 bits per heavy atom. The van der Waals surface area contributed by atoms with Crippen LogP contribution in [0.25, 0.3) is 0 Å². The molecule has 2 aromatic rings. The molecule has 2 aromatic carbocycles. The third kappa shape index (κ3) is 3.37. The fourth-order valence-electron chi connectivity index (χ4n) is 3.09. The van der Waals surface area contributed by atoms with Crippen LogP contribution in [0.2, 0.25) is 0 Å². The van der Waals surface area contributed by atoms with Gasteiger partial charge >= 0.3 is 0 Å². The number of fused-ring (bicyclic) bond motifs is 1. The van der Waals surface area contributed by atoms with Gasteiger partial charge in [-0.1, -0.05) is 30.3 Å². The molecule has 120 valence electrons. The van der Waals surface area contributed by atoms with E-state index >= 15 is 0 Å². The highest BCUT2D eigenvalue weighted by Gasteiger charge is 2.30. The molecule has 0 spiro atoms. The lowest BCUT2D eigenvalue weighted by molar-refractivity contribution is -0.116. The molecule has 0 aromatic heterocycles. The molecule has 0 fully saturated rings. The number of rotatable bonds is 4. The topological polar surface area (TPSA) is 23.6 Å². The molecule has 0 bridgehead atoms. The summed E-state index contributed by atoms with van der Waals surface area (Å²) in [6.07, 6.45) is 0. The van der Waals surface area contributed by atoms with Crippen LogP contribution >= 0.6 is 11.8 Å². The van der Waals surface area contributed by atoms with Crippen LogP contribution in [0.4, 0.5) is 11.4 Å². The summed E-state index contributed by atoms with van der Waals surface area (Å²) < 4.78 is 0. The first-order valence-corrected chi connectivity index (χ1v) is 9.03. The molecule has 1 amide bonds. The van der Waals surface area contributed by atoms with Gasteiger partial charge in [0.25, 0.3) is 0 Å². The summed E-state index contributed by atoms with van der Waals surface area (Å²) in [6.45, 7) is 6.05. The lowest BCUT2D eigenvalue weighted by atomic mass is 10.1. The van der Waals surface area contributed by atoms with E-state index in [2.05, 4.69) is 30.9 Å². The van der Waals surface area contributed by atoms with E-state index in [0.29, 0.717) is 11.8 Å². The fourth-order valence-corrected chi connectivity index (χ4v) is 3.89. The Bertz CT molecular complexity index is 674. The quantitative estimate of drug-likeness (QED) is 0.792. The Kier molecular flexibility index (Phi) is 4.91. The number of benzene rings is 2. The van der Waals surface area contributed by atoms with Gasteiger partial charge < -0.3 is 9.80 Å². The van der Waals surface area contributed by atoms with Crippen LogP contribution in [-0.2, 0) is 4.79 Å². The summed E-state index contributed by atoms with van der Waals surface area (Å²) >= 11 is 1.60. The van der Waals surface area contributed by atoms with Crippen molar-refractivity contribution in [1.29, 1.82) is 0 Å². The van der Waals surface area contributed by atoms with E-state index in [4.69, 9.17) is 0 Å². The number of anilines is 2. The molecule has 0 saturated carbocycles. The maximum absolute atomic E-state index is 12.8. The molecular weight excluding hydrogens is 304 g/mol. The van der Waals surface area contributed by atoms with Crippen LogP contribution in [0.3, 0.4) is 0 Å². The predicted molar refractivity (Wildman–Crippen MR) is 98.4 cm³/mol. The zero-order valence-electron chi connectivity index (χ0n) is 13.6. The van der Waals surface area contributed by atoms with Gasteiger partial charge in [0.1, 0.15) is 0 Å². The zero-order valence-corrected chi connectivity index (χ0v) is 14.4.